The molecule has 1 heterocycles. The number of rotatable bonds is 3. The Labute approximate surface area is 102 Å². The Morgan fingerprint density at radius 3 is 3.06 bits per heavy atom. The number of carboxylic acids is 1. The van der Waals surface area contributed by atoms with Crippen LogP contribution in [0.2, 0.25) is 0 Å². The second-order valence-electron chi connectivity index (χ2n) is 4.20. The van der Waals surface area contributed by atoms with Crippen LogP contribution in [0.25, 0.3) is 10.2 Å². The zero-order valence-electron chi connectivity index (χ0n) is 9.00. The zero-order chi connectivity index (χ0) is 11.8. The van der Waals surface area contributed by atoms with Crippen molar-refractivity contribution >= 4 is 27.5 Å². The summed E-state index contributed by atoms with van der Waals surface area (Å²) < 4.78 is 6.84. The molecule has 1 aliphatic carbocycles. The van der Waals surface area contributed by atoms with Crippen LogP contribution in [0, 0.1) is 5.92 Å². The number of benzene rings is 1. The molecule has 0 aliphatic heterocycles. The Kier molecular flexibility index (Phi) is 2.48. The van der Waals surface area contributed by atoms with E-state index in [-0.39, 0.29) is 12.0 Å². The highest BCUT2D eigenvalue weighted by Crippen LogP contribution is 2.35. The summed E-state index contributed by atoms with van der Waals surface area (Å²) in [5.74, 6) is -0.139. The van der Waals surface area contributed by atoms with Crippen LogP contribution in [0.1, 0.15) is 12.8 Å². The maximum Gasteiger partial charge on any atom is 0.306 e. The molecule has 1 saturated carbocycles. The number of thiazole rings is 1. The Morgan fingerprint density at radius 2 is 2.29 bits per heavy atom. The van der Waals surface area contributed by atoms with Crippen LogP contribution in [0.3, 0.4) is 0 Å². The van der Waals surface area contributed by atoms with Gasteiger partial charge in [0.15, 0.2) is 0 Å². The topological polar surface area (TPSA) is 59.4 Å². The van der Waals surface area contributed by atoms with E-state index in [1.807, 2.05) is 18.2 Å². The van der Waals surface area contributed by atoms with Gasteiger partial charge in [0.2, 0.25) is 0 Å². The monoisotopic (exact) mass is 249 g/mol. The van der Waals surface area contributed by atoms with Crippen LogP contribution in [0.15, 0.2) is 23.7 Å². The van der Waals surface area contributed by atoms with Gasteiger partial charge >= 0.3 is 5.97 Å². The summed E-state index contributed by atoms with van der Waals surface area (Å²) in [6, 6.07) is 5.76. The molecule has 0 unspecified atom stereocenters. The first-order chi connectivity index (χ1) is 8.24. The third kappa shape index (κ3) is 1.86. The molecule has 0 amide bonds. The summed E-state index contributed by atoms with van der Waals surface area (Å²) >= 11 is 1.55. The van der Waals surface area contributed by atoms with Gasteiger partial charge in [-0.15, -0.1) is 11.3 Å². The van der Waals surface area contributed by atoms with Gasteiger partial charge in [-0.05, 0) is 25.0 Å². The Morgan fingerprint density at radius 1 is 1.47 bits per heavy atom. The molecule has 0 bridgehead atoms. The molecule has 88 valence electrons. The lowest BCUT2D eigenvalue weighted by Crippen LogP contribution is -2.38. The molecular formula is C12H11NO3S. The maximum atomic E-state index is 10.7. The van der Waals surface area contributed by atoms with E-state index in [1.165, 1.54) is 0 Å². The molecule has 1 aromatic carbocycles. The Balaban J connectivity index is 1.74. The van der Waals surface area contributed by atoms with Crippen LogP contribution in [-0.2, 0) is 4.79 Å². The lowest BCUT2D eigenvalue weighted by molar-refractivity contribution is -0.147. The minimum absolute atomic E-state index is 0.0313. The third-order valence-corrected chi connectivity index (χ3v) is 3.92. The summed E-state index contributed by atoms with van der Waals surface area (Å²) in [6.07, 6.45) is 1.23. The summed E-state index contributed by atoms with van der Waals surface area (Å²) in [6.45, 7) is 0. The molecule has 1 N–H and O–H groups in total. The highest BCUT2D eigenvalue weighted by molar-refractivity contribution is 7.17. The number of aromatic nitrogens is 1. The predicted octanol–water partition coefficient (Wildman–Crippen LogP) is 2.54. The number of carboxylic acid groups (broad SMARTS) is 1. The molecule has 1 fully saturated rings. The van der Waals surface area contributed by atoms with E-state index in [0.29, 0.717) is 12.8 Å². The van der Waals surface area contributed by atoms with E-state index in [2.05, 4.69) is 4.98 Å². The largest absolute Gasteiger partial charge is 0.489 e. The molecule has 0 atom stereocenters. The summed E-state index contributed by atoms with van der Waals surface area (Å²) in [7, 11) is 0. The number of nitrogens with zero attached hydrogens (tertiary/aromatic N) is 1. The first-order valence-corrected chi connectivity index (χ1v) is 6.33. The van der Waals surface area contributed by atoms with Gasteiger partial charge in [0.25, 0.3) is 0 Å². The molecule has 0 spiro atoms. The van der Waals surface area contributed by atoms with Crippen molar-refractivity contribution in [1.82, 2.24) is 4.98 Å². The molecule has 17 heavy (non-hydrogen) atoms. The highest BCUT2D eigenvalue weighted by atomic mass is 32.1. The minimum Gasteiger partial charge on any atom is -0.489 e. The van der Waals surface area contributed by atoms with Gasteiger partial charge in [0.1, 0.15) is 11.9 Å². The second kappa shape index (κ2) is 4.00. The SMILES string of the molecule is O=C(O)C1CC(Oc2cccc3ncsc23)C1. The normalized spacial score (nSPS) is 23.3. The van der Waals surface area contributed by atoms with E-state index < -0.39 is 5.97 Å². The lowest BCUT2D eigenvalue weighted by Gasteiger charge is -2.32. The quantitative estimate of drug-likeness (QED) is 0.908. The third-order valence-electron chi connectivity index (χ3n) is 3.06. The molecule has 1 aromatic heterocycles. The van der Waals surface area contributed by atoms with E-state index in [0.717, 1.165) is 16.0 Å². The lowest BCUT2D eigenvalue weighted by atomic mass is 9.82. The Bertz CT molecular complexity index is 560. The standard InChI is InChI=1S/C12H11NO3S/c14-12(15)7-4-8(5-7)16-10-3-1-2-9-11(10)17-6-13-9/h1-3,6-8H,4-5H2,(H,14,15). The fourth-order valence-electron chi connectivity index (χ4n) is 2.00. The molecule has 1 aliphatic rings. The smallest absolute Gasteiger partial charge is 0.306 e. The summed E-state index contributed by atoms with van der Waals surface area (Å²) in [5.41, 5.74) is 2.72. The van der Waals surface area contributed by atoms with Crippen molar-refractivity contribution in [1.29, 1.82) is 0 Å². The molecule has 0 radical (unpaired) electrons. The average Bonchev–Trinajstić information content (AvgIpc) is 2.70. The van der Waals surface area contributed by atoms with Gasteiger partial charge in [0, 0.05) is 0 Å². The number of fused-ring (bicyclic) bond motifs is 1. The van der Waals surface area contributed by atoms with E-state index in [4.69, 9.17) is 9.84 Å². The number of hydrogen-bond acceptors (Lipinski definition) is 4. The number of carbonyl (C=O) groups is 1. The fourth-order valence-corrected chi connectivity index (χ4v) is 2.74. The second-order valence-corrected chi connectivity index (χ2v) is 5.06. The molecule has 4 nitrogen and oxygen atoms in total. The zero-order valence-corrected chi connectivity index (χ0v) is 9.81. The van der Waals surface area contributed by atoms with Gasteiger partial charge in [-0.1, -0.05) is 6.07 Å². The first kappa shape index (κ1) is 10.5. The Hall–Kier alpha value is -1.62. The molecule has 5 heteroatoms. The van der Waals surface area contributed by atoms with Crippen molar-refractivity contribution in [3.63, 3.8) is 0 Å². The number of aliphatic carboxylic acids is 1. The van der Waals surface area contributed by atoms with Gasteiger partial charge in [-0.25, -0.2) is 4.98 Å². The van der Waals surface area contributed by atoms with E-state index in [1.54, 1.807) is 16.8 Å². The highest BCUT2D eigenvalue weighted by Gasteiger charge is 2.36. The molecular weight excluding hydrogens is 238 g/mol. The van der Waals surface area contributed by atoms with Crippen LogP contribution >= 0.6 is 11.3 Å². The van der Waals surface area contributed by atoms with Crippen LogP contribution in [0.4, 0.5) is 0 Å². The van der Waals surface area contributed by atoms with Crippen LogP contribution in [0.5, 0.6) is 5.75 Å². The average molecular weight is 249 g/mol. The van der Waals surface area contributed by atoms with E-state index in [9.17, 15) is 4.79 Å². The van der Waals surface area contributed by atoms with Crippen molar-refractivity contribution in [3.05, 3.63) is 23.7 Å². The van der Waals surface area contributed by atoms with E-state index >= 15 is 0 Å². The summed E-state index contributed by atoms with van der Waals surface area (Å²) in [4.78, 5) is 14.9. The maximum absolute atomic E-state index is 10.7. The van der Waals surface area contributed by atoms with Crippen molar-refractivity contribution in [2.45, 2.75) is 18.9 Å². The van der Waals surface area contributed by atoms with Gasteiger partial charge in [0.05, 0.1) is 21.6 Å². The first-order valence-electron chi connectivity index (χ1n) is 5.45. The minimum atomic E-state index is -0.721. The van der Waals surface area contributed by atoms with Crippen molar-refractivity contribution in [2.75, 3.05) is 0 Å². The van der Waals surface area contributed by atoms with Crippen LogP contribution in [-0.4, -0.2) is 22.2 Å². The van der Waals surface area contributed by atoms with Gasteiger partial charge < -0.3 is 9.84 Å². The van der Waals surface area contributed by atoms with Gasteiger partial charge in [-0.3, -0.25) is 4.79 Å². The van der Waals surface area contributed by atoms with Crippen molar-refractivity contribution in [2.24, 2.45) is 5.92 Å². The summed E-state index contributed by atoms with van der Waals surface area (Å²) in [5, 5.41) is 8.79. The molecule has 3 rings (SSSR count). The molecule has 0 saturated heterocycles. The van der Waals surface area contributed by atoms with Gasteiger partial charge in [-0.2, -0.15) is 0 Å². The number of hydrogen-bond donors (Lipinski definition) is 1. The van der Waals surface area contributed by atoms with Crippen molar-refractivity contribution in [3.8, 4) is 5.75 Å². The predicted molar refractivity (Wildman–Crippen MR) is 64.4 cm³/mol. The van der Waals surface area contributed by atoms with Crippen LogP contribution < -0.4 is 4.74 Å². The van der Waals surface area contributed by atoms with Crippen molar-refractivity contribution < 1.29 is 14.6 Å². The fraction of sp³-hybridized carbons (Fsp3) is 0.333. The molecule has 2 aromatic rings. The number of ether oxygens (including phenoxy) is 1.